The zero-order chi connectivity index (χ0) is 24.4. The number of hydrogen-bond donors (Lipinski definition) is 0. The van der Waals surface area contributed by atoms with Gasteiger partial charge in [-0.1, -0.05) is 86.0 Å². The van der Waals surface area contributed by atoms with Gasteiger partial charge in [0.05, 0.1) is 0 Å². The van der Waals surface area contributed by atoms with Crippen molar-refractivity contribution in [1.29, 1.82) is 0 Å². The van der Waals surface area contributed by atoms with Crippen molar-refractivity contribution >= 4 is 14.2 Å². The van der Waals surface area contributed by atoms with Crippen LogP contribution < -0.4 is 12.4 Å². The summed E-state index contributed by atoms with van der Waals surface area (Å²) >= 11 is 0. The number of carbonyl (C=O) groups excluding carboxylic acids is 1. The van der Waals surface area contributed by atoms with E-state index in [9.17, 15) is 4.79 Å². The third-order valence-corrected chi connectivity index (χ3v) is 12.3. The van der Waals surface area contributed by atoms with Crippen LogP contribution in [-0.4, -0.2) is 22.8 Å². The van der Waals surface area contributed by atoms with Crippen LogP contribution in [0.15, 0.2) is 35.5 Å². The molecule has 2 saturated carbocycles. The summed E-state index contributed by atoms with van der Waals surface area (Å²) in [4.78, 5) is 9.19. The van der Waals surface area contributed by atoms with Crippen LogP contribution in [0.3, 0.4) is 0 Å². The van der Waals surface area contributed by atoms with Crippen molar-refractivity contribution in [3.8, 4) is 0 Å². The Bertz CT molecular complexity index is 666. The predicted octanol–water partition coefficient (Wildman–Crippen LogP) is 6.58. The maximum Gasteiger partial charge on any atom is 0 e. The van der Waals surface area contributed by atoms with Crippen molar-refractivity contribution in [3.05, 3.63) is 41.9 Å². The molecule has 1 unspecified atom stereocenters. The van der Waals surface area contributed by atoms with Crippen molar-refractivity contribution in [2.45, 2.75) is 129 Å². The fourth-order valence-corrected chi connectivity index (χ4v) is 10.9. The summed E-state index contributed by atoms with van der Waals surface area (Å²) in [5, 5.41) is 0.327. The average molecular weight is 613 g/mol. The Labute approximate surface area is 239 Å². The molecule has 3 aliphatic rings. The van der Waals surface area contributed by atoms with Crippen LogP contribution in [0.25, 0.3) is 0 Å². The van der Waals surface area contributed by atoms with Gasteiger partial charge in [-0.25, -0.2) is 24.1 Å². The normalized spacial score (nSPS) is 23.7. The van der Waals surface area contributed by atoms with Crippen LogP contribution in [0, 0.1) is 24.2 Å². The second-order valence-electron chi connectivity index (χ2n) is 11.4. The van der Waals surface area contributed by atoms with Crippen molar-refractivity contribution in [1.82, 2.24) is 0 Å². The van der Waals surface area contributed by atoms with Gasteiger partial charge in [0.15, 0.2) is 0 Å². The van der Waals surface area contributed by atoms with E-state index in [0.717, 1.165) is 11.3 Å². The van der Waals surface area contributed by atoms with E-state index in [1.54, 1.807) is 30.4 Å². The summed E-state index contributed by atoms with van der Waals surface area (Å²) in [7, 11) is -0.0144. The smallest absolute Gasteiger partial charge is 0 e. The SMILES string of the molecule is C/C=C/[C-]=O.CC(C)C1=CC(C(C)C)(P(C2CCCCC2)C2CCCCC2)[CH-]C(C(C)C)=C1.[Cl-].[Pd]. The number of hydrogen-bond acceptors (Lipinski definition) is 1. The van der Waals surface area contributed by atoms with Gasteiger partial charge in [-0.3, -0.25) is 0 Å². The molecule has 0 spiro atoms. The minimum Gasteiger partial charge on any atom is -1.00 e. The predicted molar refractivity (Wildman–Crippen MR) is 149 cm³/mol. The molecule has 3 aliphatic carbocycles. The van der Waals surface area contributed by atoms with E-state index in [1.165, 1.54) is 70.3 Å². The molecule has 0 heterocycles. The summed E-state index contributed by atoms with van der Waals surface area (Å²) in [6, 6.07) is 0. The van der Waals surface area contributed by atoms with Crippen LogP contribution >= 0.6 is 7.92 Å². The molecule has 206 valence electrons. The van der Waals surface area contributed by atoms with Gasteiger partial charge in [0.2, 0.25) is 0 Å². The van der Waals surface area contributed by atoms with E-state index in [-0.39, 0.29) is 40.8 Å². The molecule has 0 radical (unpaired) electrons. The zero-order valence-electron chi connectivity index (χ0n) is 23.4. The first-order valence-electron chi connectivity index (χ1n) is 13.8. The molecule has 0 aromatic heterocycles. The molecule has 35 heavy (non-hydrogen) atoms. The Morgan fingerprint density at radius 1 is 0.914 bits per heavy atom. The molecule has 0 amide bonds. The van der Waals surface area contributed by atoms with E-state index in [2.05, 4.69) is 60.1 Å². The third-order valence-electron chi connectivity index (χ3n) is 8.01. The summed E-state index contributed by atoms with van der Waals surface area (Å²) < 4.78 is 0. The fraction of sp³-hybridized carbons (Fsp3) is 0.742. The van der Waals surface area contributed by atoms with Crippen LogP contribution in [-0.2, 0) is 25.2 Å². The molecule has 4 heteroatoms. The quantitative estimate of drug-likeness (QED) is 0.137. The molecular formula is C31H51ClOPPd-3. The van der Waals surface area contributed by atoms with E-state index >= 15 is 0 Å². The number of allylic oxidation sites excluding steroid dienone is 6. The molecule has 0 aliphatic heterocycles. The summed E-state index contributed by atoms with van der Waals surface area (Å²) in [5.74, 6) is 1.98. The molecule has 1 nitrogen and oxygen atoms in total. The first kappa shape index (κ1) is 35.1. The van der Waals surface area contributed by atoms with Crippen LogP contribution in [0.5, 0.6) is 0 Å². The van der Waals surface area contributed by atoms with Crippen molar-refractivity contribution in [2.24, 2.45) is 17.8 Å². The largest absolute Gasteiger partial charge is 1.00 e. The second-order valence-corrected chi connectivity index (χ2v) is 14.4. The summed E-state index contributed by atoms with van der Waals surface area (Å²) in [5.41, 5.74) is 5.25. The molecule has 3 rings (SSSR count). The van der Waals surface area contributed by atoms with E-state index in [1.807, 2.05) is 0 Å². The Balaban J connectivity index is 0.00000150. The maximum atomic E-state index is 9.19. The standard InChI is InChI=1S/C27H46P.C4H5O.ClH.Pd/c1-20(2)23-17-24(21(3)4)19-27(18-23,22(5)6)28(25-13-9-7-10-14-25)26-15-11-8-12-16-26;1-2-3-4-5;;/h17-22,25-26H,7-16H2,1-6H3;2-3H,1H3;1H;/q2*-1;;/p-1/b;3-2+;;. The summed E-state index contributed by atoms with van der Waals surface area (Å²) in [6.45, 7) is 16.5. The summed E-state index contributed by atoms with van der Waals surface area (Å²) in [6.07, 6.45) is 27.6. The molecule has 1 atom stereocenters. The minimum atomic E-state index is -0.0144. The van der Waals surface area contributed by atoms with Gasteiger partial charge in [0.1, 0.15) is 0 Å². The van der Waals surface area contributed by atoms with Gasteiger partial charge >= 0.3 is 0 Å². The van der Waals surface area contributed by atoms with Crippen LogP contribution in [0.2, 0.25) is 0 Å². The van der Waals surface area contributed by atoms with Gasteiger partial charge in [-0.05, 0) is 60.3 Å². The molecular weight excluding hydrogens is 561 g/mol. The van der Waals surface area contributed by atoms with Crippen molar-refractivity contribution < 1.29 is 37.6 Å². The first-order valence-corrected chi connectivity index (χ1v) is 15.3. The van der Waals surface area contributed by atoms with Gasteiger partial charge in [-0.2, -0.15) is 6.08 Å². The third kappa shape index (κ3) is 9.75. The number of halogens is 1. The van der Waals surface area contributed by atoms with Crippen LogP contribution in [0.4, 0.5) is 0 Å². The number of rotatable bonds is 7. The minimum absolute atomic E-state index is 0. The van der Waals surface area contributed by atoms with E-state index in [4.69, 9.17) is 0 Å². The zero-order valence-corrected chi connectivity index (χ0v) is 26.6. The molecule has 0 N–H and O–H groups in total. The molecule has 0 aromatic rings. The topological polar surface area (TPSA) is 17.1 Å². The molecule has 2 fully saturated rings. The average Bonchev–Trinajstić information content (AvgIpc) is 2.81. The van der Waals surface area contributed by atoms with Gasteiger partial charge in [0, 0.05) is 20.4 Å². The Hall–Kier alpha value is 0.142. The Morgan fingerprint density at radius 2 is 1.40 bits per heavy atom. The van der Waals surface area contributed by atoms with Crippen molar-refractivity contribution in [2.75, 3.05) is 0 Å². The van der Waals surface area contributed by atoms with Gasteiger partial charge in [-0.15, -0.1) is 26.5 Å². The monoisotopic (exact) mass is 611 g/mol. The molecule has 0 bridgehead atoms. The first-order chi connectivity index (χ1) is 15.8. The Kier molecular flexibility index (Phi) is 17.7. The van der Waals surface area contributed by atoms with E-state index < -0.39 is 0 Å². The Morgan fingerprint density at radius 3 is 1.71 bits per heavy atom. The van der Waals surface area contributed by atoms with Crippen LogP contribution in [0.1, 0.15) is 113 Å². The van der Waals surface area contributed by atoms with Gasteiger partial charge < -0.3 is 17.2 Å². The molecule has 0 saturated heterocycles. The van der Waals surface area contributed by atoms with Gasteiger partial charge in [0.25, 0.3) is 0 Å². The second kappa shape index (κ2) is 17.6. The maximum absolute atomic E-state index is 9.19. The van der Waals surface area contributed by atoms with Crippen molar-refractivity contribution in [3.63, 3.8) is 0 Å². The fourth-order valence-electron chi connectivity index (χ4n) is 6.02. The van der Waals surface area contributed by atoms with E-state index in [0.29, 0.717) is 22.9 Å². The molecule has 0 aromatic carbocycles.